The highest BCUT2D eigenvalue weighted by molar-refractivity contribution is 5.94. The molecule has 4 rings (SSSR count). The zero-order chi connectivity index (χ0) is 37.7. The Balaban J connectivity index is 1.42. The van der Waals surface area contributed by atoms with Gasteiger partial charge in [-0.2, -0.15) is 0 Å². The SMILES string of the molecule is CC(C)CC(NC(=O)C(Cc1ccccc1)NC(=O)CNCC1(c2ccccc2)CC1)C(=O)NC(CCCCN)C(=O)N1CCC(N)(C(=O)O)CC1. The van der Waals surface area contributed by atoms with E-state index in [9.17, 15) is 29.1 Å². The van der Waals surface area contributed by atoms with Crippen molar-refractivity contribution in [2.45, 2.75) is 101 Å². The summed E-state index contributed by atoms with van der Waals surface area (Å²) in [5, 5.41) is 21.5. The number of benzene rings is 2. The molecule has 284 valence electrons. The highest BCUT2D eigenvalue weighted by atomic mass is 16.4. The van der Waals surface area contributed by atoms with Crippen molar-refractivity contribution < 1.29 is 29.1 Å². The van der Waals surface area contributed by atoms with Crippen LogP contribution in [0.25, 0.3) is 0 Å². The second-order valence-electron chi connectivity index (χ2n) is 14.9. The molecule has 2 aliphatic rings. The lowest BCUT2D eigenvalue weighted by atomic mass is 9.88. The van der Waals surface area contributed by atoms with Gasteiger partial charge in [0.15, 0.2) is 0 Å². The first-order valence-corrected chi connectivity index (χ1v) is 18.6. The second-order valence-corrected chi connectivity index (χ2v) is 14.9. The normalized spacial score (nSPS) is 17.8. The maximum atomic E-state index is 13.9. The monoisotopic (exact) mass is 719 g/mol. The molecule has 0 aromatic heterocycles. The third kappa shape index (κ3) is 11.6. The lowest BCUT2D eigenvalue weighted by molar-refractivity contribution is -0.148. The number of carbonyl (C=O) groups is 5. The number of hydrogen-bond donors (Lipinski definition) is 7. The Morgan fingerprint density at radius 3 is 1.98 bits per heavy atom. The van der Waals surface area contributed by atoms with E-state index in [2.05, 4.69) is 33.4 Å². The summed E-state index contributed by atoms with van der Waals surface area (Å²) in [5.74, 6) is -2.76. The molecular weight excluding hydrogens is 662 g/mol. The number of aliphatic carboxylic acids is 1. The molecule has 2 fully saturated rings. The molecule has 3 unspecified atom stereocenters. The molecule has 1 aliphatic carbocycles. The molecule has 13 nitrogen and oxygen atoms in total. The van der Waals surface area contributed by atoms with Gasteiger partial charge in [0.05, 0.1) is 6.54 Å². The zero-order valence-electron chi connectivity index (χ0n) is 30.6. The number of likely N-dealkylation sites (tertiary alicyclic amines) is 1. The largest absolute Gasteiger partial charge is 0.480 e. The molecule has 3 atom stereocenters. The highest BCUT2D eigenvalue weighted by Gasteiger charge is 2.44. The van der Waals surface area contributed by atoms with Crippen LogP contribution in [-0.2, 0) is 35.8 Å². The number of hydrogen-bond acceptors (Lipinski definition) is 8. The van der Waals surface area contributed by atoms with E-state index in [-0.39, 0.29) is 62.0 Å². The number of carboxylic acids is 1. The topological polar surface area (TPSA) is 209 Å². The standard InChI is InChI=1S/C39H57N7O6/c1-27(2)23-31(34(48)44-30(15-9-10-20-40)36(50)46-21-18-39(41,19-22-46)37(51)52)45-35(49)32(24-28-11-5-3-6-12-28)43-33(47)25-42-26-38(16-17-38)29-13-7-4-8-14-29/h3-8,11-14,27,30-32,42H,9-10,15-26,40-41H2,1-2H3,(H,43,47)(H,44,48)(H,45,49)(H,51,52). The molecule has 2 aromatic carbocycles. The Morgan fingerprint density at radius 2 is 1.40 bits per heavy atom. The predicted octanol–water partition coefficient (Wildman–Crippen LogP) is 1.58. The fourth-order valence-corrected chi connectivity index (χ4v) is 6.79. The van der Waals surface area contributed by atoms with E-state index >= 15 is 0 Å². The minimum absolute atomic E-state index is 0.0176. The molecular formula is C39H57N7O6. The summed E-state index contributed by atoms with van der Waals surface area (Å²) in [6.07, 6.45) is 4.37. The van der Waals surface area contributed by atoms with Gasteiger partial charge in [0, 0.05) is 31.5 Å². The third-order valence-electron chi connectivity index (χ3n) is 10.2. The van der Waals surface area contributed by atoms with E-state index in [4.69, 9.17) is 11.5 Å². The Hall–Kier alpha value is -4.33. The van der Waals surface area contributed by atoms with E-state index in [0.29, 0.717) is 38.8 Å². The van der Waals surface area contributed by atoms with Crippen LogP contribution in [0.4, 0.5) is 0 Å². The summed E-state index contributed by atoms with van der Waals surface area (Å²) in [5.41, 5.74) is 12.4. The molecule has 0 radical (unpaired) electrons. The van der Waals surface area contributed by atoms with Crippen molar-refractivity contribution in [3.8, 4) is 0 Å². The van der Waals surface area contributed by atoms with Gasteiger partial charge < -0.3 is 42.7 Å². The number of amides is 4. The molecule has 1 saturated carbocycles. The molecule has 0 spiro atoms. The van der Waals surface area contributed by atoms with Crippen molar-refractivity contribution >= 4 is 29.6 Å². The van der Waals surface area contributed by atoms with E-state index in [1.165, 1.54) is 5.56 Å². The maximum absolute atomic E-state index is 13.9. The lowest BCUT2D eigenvalue weighted by Gasteiger charge is -2.38. The van der Waals surface area contributed by atoms with Gasteiger partial charge >= 0.3 is 5.97 Å². The molecule has 52 heavy (non-hydrogen) atoms. The summed E-state index contributed by atoms with van der Waals surface area (Å²) in [7, 11) is 0. The number of rotatable bonds is 20. The smallest absolute Gasteiger partial charge is 0.323 e. The van der Waals surface area contributed by atoms with Crippen molar-refractivity contribution in [1.82, 2.24) is 26.2 Å². The molecule has 0 bridgehead atoms. The minimum Gasteiger partial charge on any atom is -0.480 e. The summed E-state index contributed by atoms with van der Waals surface area (Å²) in [4.78, 5) is 67.9. The van der Waals surface area contributed by atoms with E-state index in [0.717, 1.165) is 18.4 Å². The van der Waals surface area contributed by atoms with Crippen LogP contribution >= 0.6 is 0 Å². The second kappa shape index (κ2) is 19.0. The Kier molecular flexibility index (Phi) is 14.7. The van der Waals surface area contributed by atoms with Gasteiger partial charge in [-0.25, -0.2) is 0 Å². The first kappa shape index (κ1) is 40.4. The van der Waals surface area contributed by atoms with Crippen LogP contribution in [0.1, 0.15) is 76.3 Å². The quantitative estimate of drug-likeness (QED) is 0.0990. The van der Waals surface area contributed by atoms with Gasteiger partial charge in [0.2, 0.25) is 23.6 Å². The van der Waals surface area contributed by atoms with Gasteiger partial charge in [-0.1, -0.05) is 74.5 Å². The average Bonchev–Trinajstić information content (AvgIpc) is 3.92. The number of carbonyl (C=O) groups excluding carboxylic acids is 4. The van der Waals surface area contributed by atoms with Crippen LogP contribution in [-0.4, -0.2) is 96.0 Å². The first-order chi connectivity index (χ1) is 24.9. The minimum atomic E-state index is -1.40. The average molecular weight is 720 g/mol. The number of nitrogens with zero attached hydrogens (tertiary/aromatic N) is 1. The predicted molar refractivity (Wildman–Crippen MR) is 199 cm³/mol. The van der Waals surface area contributed by atoms with Crippen LogP contribution < -0.4 is 32.7 Å². The van der Waals surface area contributed by atoms with Crippen molar-refractivity contribution in [2.75, 3.05) is 32.7 Å². The number of unbranched alkanes of at least 4 members (excludes halogenated alkanes) is 1. The van der Waals surface area contributed by atoms with Crippen LogP contribution in [0.15, 0.2) is 60.7 Å². The molecule has 1 heterocycles. The van der Waals surface area contributed by atoms with Crippen molar-refractivity contribution in [1.29, 1.82) is 0 Å². The van der Waals surface area contributed by atoms with Gasteiger partial charge in [-0.05, 0) is 75.0 Å². The lowest BCUT2D eigenvalue weighted by Crippen LogP contribution is -2.60. The van der Waals surface area contributed by atoms with E-state index in [1.54, 1.807) is 4.90 Å². The number of piperidine rings is 1. The summed E-state index contributed by atoms with van der Waals surface area (Å²) in [6.45, 7) is 5.28. The van der Waals surface area contributed by atoms with Gasteiger partial charge in [-0.3, -0.25) is 24.0 Å². The molecule has 9 N–H and O–H groups in total. The number of nitrogens with two attached hydrogens (primary N) is 2. The Morgan fingerprint density at radius 1 is 0.808 bits per heavy atom. The summed E-state index contributed by atoms with van der Waals surface area (Å²) < 4.78 is 0. The first-order valence-electron chi connectivity index (χ1n) is 18.6. The van der Waals surface area contributed by atoms with Crippen molar-refractivity contribution in [3.63, 3.8) is 0 Å². The zero-order valence-corrected chi connectivity index (χ0v) is 30.6. The fraction of sp³-hybridized carbons (Fsp3) is 0.564. The molecule has 1 saturated heterocycles. The summed E-state index contributed by atoms with van der Waals surface area (Å²) in [6, 6.07) is 16.8. The van der Waals surface area contributed by atoms with E-state index < -0.39 is 41.4 Å². The van der Waals surface area contributed by atoms with Crippen molar-refractivity contribution in [2.24, 2.45) is 17.4 Å². The van der Waals surface area contributed by atoms with Crippen LogP contribution in [0.5, 0.6) is 0 Å². The maximum Gasteiger partial charge on any atom is 0.323 e. The van der Waals surface area contributed by atoms with Crippen LogP contribution in [0, 0.1) is 5.92 Å². The molecule has 1 aliphatic heterocycles. The van der Waals surface area contributed by atoms with Crippen LogP contribution in [0.3, 0.4) is 0 Å². The number of nitrogens with one attached hydrogen (secondary N) is 4. The summed E-state index contributed by atoms with van der Waals surface area (Å²) >= 11 is 0. The third-order valence-corrected chi connectivity index (χ3v) is 10.2. The number of carboxylic acid groups (broad SMARTS) is 1. The Bertz CT molecular complexity index is 1490. The van der Waals surface area contributed by atoms with E-state index in [1.807, 2.05) is 62.4 Å². The molecule has 4 amide bonds. The van der Waals surface area contributed by atoms with Crippen molar-refractivity contribution in [3.05, 3.63) is 71.8 Å². The Labute approximate surface area is 307 Å². The van der Waals surface area contributed by atoms with Gasteiger partial charge in [-0.15, -0.1) is 0 Å². The molecule has 13 heteroatoms. The highest BCUT2D eigenvalue weighted by Crippen LogP contribution is 2.47. The van der Waals surface area contributed by atoms with Gasteiger partial charge in [0.25, 0.3) is 0 Å². The van der Waals surface area contributed by atoms with Gasteiger partial charge in [0.1, 0.15) is 23.7 Å². The van der Waals surface area contributed by atoms with Crippen LogP contribution in [0.2, 0.25) is 0 Å². The fourth-order valence-electron chi connectivity index (χ4n) is 6.79. The molecule has 2 aromatic rings.